The van der Waals surface area contributed by atoms with E-state index < -0.39 is 0 Å². The molecule has 0 amide bonds. The summed E-state index contributed by atoms with van der Waals surface area (Å²) >= 11 is 0. The molecule has 0 unspecified atom stereocenters. The van der Waals surface area contributed by atoms with Gasteiger partial charge in [0, 0.05) is 22.6 Å². The molecular weight excluding hydrogens is 234 g/mol. The van der Waals surface area contributed by atoms with E-state index in [1.165, 1.54) is 0 Å². The summed E-state index contributed by atoms with van der Waals surface area (Å²) in [7, 11) is 0. The Balaban J connectivity index is 2.26. The quantitative estimate of drug-likeness (QED) is 0.818. The van der Waals surface area contributed by atoms with Crippen LogP contribution >= 0.6 is 0 Å². The molecule has 0 aliphatic carbocycles. The maximum absolute atomic E-state index is 8.88. The van der Waals surface area contributed by atoms with Gasteiger partial charge in [0.1, 0.15) is 0 Å². The van der Waals surface area contributed by atoms with Gasteiger partial charge in [0.05, 0.1) is 11.6 Å². The van der Waals surface area contributed by atoms with Crippen LogP contribution in [0.2, 0.25) is 0 Å². The fourth-order valence-corrected chi connectivity index (χ4v) is 1.87. The van der Waals surface area contributed by atoms with Crippen molar-refractivity contribution in [2.75, 3.05) is 11.1 Å². The number of anilines is 2. The van der Waals surface area contributed by atoms with Crippen LogP contribution in [0.4, 0.5) is 11.4 Å². The number of nitrogens with zero attached hydrogens (tertiary/aromatic N) is 1. The van der Waals surface area contributed by atoms with Crippen LogP contribution in [0.1, 0.15) is 16.7 Å². The minimum Gasteiger partial charge on any atom is -0.399 e. The van der Waals surface area contributed by atoms with Crippen molar-refractivity contribution in [3.63, 3.8) is 0 Å². The van der Waals surface area contributed by atoms with Crippen molar-refractivity contribution in [1.82, 2.24) is 0 Å². The number of benzene rings is 2. The predicted octanol–water partition coefficient (Wildman–Crippen LogP) is 3.53. The molecule has 3 N–H and O–H groups in total. The van der Waals surface area contributed by atoms with Gasteiger partial charge in [-0.25, -0.2) is 0 Å². The van der Waals surface area contributed by atoms with Gasteiger partial charge < -0.3 is 11.1 Å². The summed E-state index contributed by atoms with van der Waals surface area (Å²) in [6.07, 6.45) is 0. The van der Waals surface area contributed by atoms with Crippen LogP contribution in [0, 0.1) is 18.3 Å². The lowest BCUT2D eigenvalue weighted by Crippen LogP contribution is -2.00. The predicted molar refractivity (Wildman–Crippen MR) is 79.4 cm³/mol. The van der Waals surface area contributed by atoms with Crippen LogP contribution in [-0.2, 0) is 0 Å². The van der Waals surface area contributed by atoms with E-state index in [0.717, 1.165) is 22.5 Å². The van der Waals surface area contributed by atoms with Gasteiger partial charge in [0.2, 0.25) is 0 Å². The van der Waals surface area contributed by atoms with Crippen LogP contribution in [0.3, 0.4) is 0 Å². The van der Waals surface area contributed by atoms with E-state index in [4.69, 9.17) is 11.0 Å². The molecule has 0 bridgehead atoms. The van der Waals surface area contributed by atoms with Crippen molar-refractivity contribution >= 4 is 17.1 Å². The molecule has 0 heterocycles. The van der Waals surface area contributed by atoms with E-state index in [1.807, 2.05) is 37.3 Å². The molecule has 3 nitrogen and oxygen atoms in total. The molecule has 0 radical (unpaired) electrons. The second kappa shape index (κ2) is 5.28. The zero-order valence-corrected chi connectivity index (χ0v) is 10.8. The molecule has 0 saturated heterocycles. The van der Waals surface area contributed by atoms with Crippen LogP contribution in [0.25, 0.3) is 5.70 Å². The lowest BCUT2D eigenvalue weighted by atomic mass is 10.1. The van der Waals surface area contributed by atoms with Crippen LogP contribution in [0.15, 0.2) is 49.0 Å². The van der Waals surface area contributed by atoms with Gasteiger partial charge in [0.15, 0.2) is 0 Å². The number of hydrogen-bond donors (Lipinski definition) is 2. The second-order valence-corrected chi connectivity index (χ2v) is 4.37. The Labute approximate surface area is 113 Å². The Kier molecular flexibility index (Phi) is 3.53. The maximum atomic E-state index is 8.88. The van der Waals surface area contributed by atoms with Gasteiger partial charge in [-0.3, -0.25) is 0 Å². The summed E-state index contributed by atoms with van der Waals surface area (Å²) in [5.74, 6) is 0. The van der Waals surface area contributed by atoms with Gasteiger partial charge in [-0.2, -0.15) is 5.26 Å². The molecule has 0 aromatic heterocycles. The summed E-state index contributed by atoms with van der Waals surface area (Å²) in [5.41, 5.74) is 10.8. The minimum absolute atomic E-state index is 0.613. The second-order valence-electron chi connectivity index (χ2n) is 4.37. The molecule has 0 saturated carbocycles. The van der Waals surface area contributed by atoms with E-state index in [1.54, 1.807) is 12.1 Å². The molecule has 0 aliphatic rings. The van der Waals surface area contributed by atoms with Gasteiger partial charge in [-0.1, -0.05) is 18.7 Å². The molecule has 2 aromatic rings. The fourth-order valence-electron chi connectivity index (χ4n) is 1.87. The first-order valence-electron chi connectivity index (χ1n) is 5.93. The largest absolute Gasteiger partial charge is 0.399 e. The van der Waals surface area contributed by atoms with Crippen LogP contribution in [0.5, 0.6) is 0 Å². The minimum atomic E-state index is 0.613. The first-order valence-corrected chi connectivity index (χ1v) is 5.93. The summed E-state index contributed by atoms with van der Waals surface area (Å²) in [6.45, 7) is 6.04. The third-order valence-electron chi connectivity index (χ3n) is 2.87. The van der Waals surface area contributed by atoms with E-state index in [9.17, 15) is 0 Å². The number of nitrogens with two attached hydrogens (primary N) is 1. The topological polar surface area (TPSA) is 61.8 Å². The number of nitrogen functional groups attached to an aromatic ring is 1. The normalized spacial score (nSPS) is 9.68. The first-order chi connectivity index (χ1) is 9.10. The van der Waals surface area contributed by atoms with Crippen molar-refractivity contribution in [3.05, 3.63) is 65.7 Å². The Bertz CT molecular complexity index is 666. The van der Waals surface area contributed by atoms with E-state index >= 15 is 0 Å². The highest BCUT2D eigenvalue weighted by molar-refractivity contribution is 5.78. The van der Waals surface area contributed by atoms with Crippen molar-refractivity contribution in [3.8, 4) is 6.07 Å². The van der Waals surface area contributed by atoms with Gasteiger partial charge in [-0.05, 0) is 42.8 Å². The first kappa shape index (κ1) is 12.7. The zero-order chi connectivity index (χ0) is 13.8. The maximum Gasteiger partial charge on any atom is 0.0992 e. The molecule has 19 heavy (non-hydrogen) atoms. The molecule has 0 spiro atoms. The number of hydrogen-bond acceptors (Lipinski definition) is 3. The van der Waals surface area contributed by atoms with Gasteiger partial charge in [0.25, 0.3) is 0 Å². The molecule has 2 aromatic carbocycles. The monoisotopic (exact) mass is 249 g/mol. The van der Waals surface area contributed by atoms with Crippen molar-refractivity contribution in [2.24, 2.45) is 0 Å². The Morgan fingerprint density at radius 3 is 2.79 bits per heavy atom. The average molecular weight is 249 g/mol. The summed E-state index contributed by atoms with van der Waals surface area (Å²) in [5, 5.41) is 12.1. The number of rotatable bonds is 3. The smallest absolute Gasteiger partial charge is 0.0992 e. The van der Waals surface area contributed by atoms with E-state index in [0.29, 0.717) is 11.3 Å². The van der Waals surface area contributed by atoms with Crippen molar-refractivity contribution in [2.45, 2.75) is 6.92 Å². The third-order valence-corrected chi connectivity index (χ3v) is 2.87. The van der Waals surface area contributed by atoms with E-state index in [2.05, 4.69) is 18.0 Å². The van der Waals surface area contributed by atoms with Crippen LogP contribution < -0.4 is 11.1 Å². The lowest BCUT2D eigenvalue weighted by molar-refractivity contribution is 1.41. The number of nitriles is 1. The summed E-state index contributed by atoms with van der Waals surface area (Å²) < 4.78 is 0. The summed E-state index contributed by atoms with van der Waals surface area (Å²) in [4.78, 5) is 0. The third kappa shape index (κ3) is 2.93. The van der Waals surface area contributed by atoms with E-state index in [-0.39, 0.29) is 0 Å². The molecular formula is C16H15N3. The van der Waals surface area contributed by atoms with Gasteiger partial charge in [-0.15, -0.1) is 0 Å². The molecule has 3 heteroatoms. The average Bonchev–Trinajstić information content (AvgIpc) is 2.41. The van der Waals surface area contributed by atoms with Crippen molar-refractivity contribution < 1.29 is 0 Å². The Morgan fingerprint density at radius 1 is 1.26 bits per heavy atom. The van der Waals surface area contributed by atoms with Gasteiger partial charge >= 0.3 is 0 Å². The number of nitrogens with one attached hydrogen (secondary N) is 1. The zero-order valence-electron chi connectivity index (χ0n) is 10.8. The van der Waals surface area contributed by atoms with Crippen molar-refractivity contribution in [1.29, 1.82) is 5.26 Å². The molecule has 94 valence electrons. The SMILES string of the molecule is C=C(Nc1cccc(C#N)c1)c1cc(N)ccc1C. The van der Waals surface area contributed by atoms with Crippen LogP contribution in [-0.4, -0.2) is 0 Å². The molecule has 0 atom stereocenters. The lowest BCUT2D eigenvalue weighted by Gasteiger charge is -2.13. The summed E-state index contributed by atoms with van der Waals surface area (Å²) in [6, 6.07) is 15.1. The number of aryl methyl sites for hydroxylation is 1. The highest BCUT2D eigenvalue weighted by Gasteiger charge is 2.04. The fraction of sp³-hybridized carbons (Fsp3) is 0.0625. The molecule has 2 rings (SSSR count). The standard InChI is InChI=1S/C16H15N3/c1-11-6-7-14(18)9-16(11)12(2)19-15-5-3-4-13(8-15)10-17/h3-9,19H,2,18H2,1H3. The molecule has 0 aliphatic heterocycles. The Hall–Kier alpha value is -2.73. The molecule has 0 fully saturated rings. The highest BCUT2D eigenvalue weighted by Crippen LogP contribution is 2.22. The highest BCUT2D eigenvalue weighted by atomic mass is 14.9. The Morgan fingerprint density at radius 2 is 2.05 bits per heavy atom.